The Kier molecular flexibility index (Phi) is 2.21. The first kappa shape index (κ1) is 9.76. The topological polar surface area (TPSA) is 89.9 Å². The first-order valence-corrected chi connectivity index (χ1v) is 5.06. The van der Waals surface area contributed by atoms with Gasteiger partial charge in [0.25, 0.3) is 0 Å². The van der Waals surface area contributed by atoms with E-state index in [9.17, 15) is 0 Å². The van der Waals surface area contributed by atoms with Crippen molar-refractivity contribution in [3.63, 3.8) is 0 Å². The zero-order chi connectivity index (χ0) is 11.7. The molecule has 2 aromatic heterocycles. The van der Waals surface area contributed by atoms with E-state index in [0.717, 1.165) is 16.6 Å². The number of hydrogen-bond donors (Lipinski definition) is 1. The van der Waals surface area contributed by atoms with Crippen molar-refractivity contribution in [1.29, 1.82) is 0 Å². The van der Waals surface area contributed by atoms with Gasteiger partial charge in [-0.25, -0.2) is 4.63 Å². The van der Waals surface area contributed by atoms with Crippen LogP contribution in [0.5, 0.6) is 0 Å². The van der Waals surface area contributed by atoms with Crippen molar-refractivity contribution in [2.24, 2.45) is 0 Å². The SMILES string of the molecule is Cc1nnc(NCc2ccc3nonc3c2)o1. The number of rotatable bonds is 3. The third-order valence-corrected chi connectivity index (χ3v) is 2.29. The van der Waals surface area contributed by atoms with E-state index in [4.69, 9.17) is 4.42 Å². The summed E-state index contributed by atoms with van der Waals surface area (Å²) in [6, 6.07) is 6.08. The van der Waals surface area contributed by atoms with E-state index in [1.807, 2.05) is 18.2 Å². The maximum absolute atomic E-state index is 5.20. The van der Waals surface area contributed by atoms with Gasteiger partial charge in [0.15, 0.2) is 0 Å². The second-order valence-corrected chi connectivity index (χ2v) is 3.57. The Labute approximate surface area is 95.8 Å². The Bertz CT molecular complexity index is 645. The van der Waals surface area contributed by atoms with E-state index >= 15 is 0 Å². The van der Waals surface area contributed by atoms with E-state index in [0.29, 0.717) is 18.5 Å². The van der Waals surface area contributed by atoms with Crippen LogP contribution in [0, 0.1) is 6.92 Å². The molecule has 0 aliphatic heterocycles. The Hall–Kier alpha value is -2.44. The molecule has 1 N–H and O–H groups in total. The number of benzene rings is 1. The third-order valence-electron chi connectivity index (χ3n) is 2.29. The van der Waals surface area contributed by atoms with Crippen LogP contribution in [-0.2, 0) is 6.54 Å². The first-order valence-electron chi connectivity index (χ1n) is 5.06. The van der Waals surface area contributed by atoms with E-state index in [1.54, 1.807) is 6.92 Å². The second-order valence-electron chi connectivity index (χ2n) is 3.57. The molecule has 0 saturated carbocycles. The Morgan fingerprint density at radius 3 is 2.88 bits per heavy atom. The summed E-state index contributed by atoms with van der Waals surface area (Å²) >= 11 is 0. The quantitative estimate of drug-likeness (QED) is 0.730. The van der Waals surface area contributed by atoms with Crippen LogP contribution in [0.1, 0.15) is 11.5 Å². The minimum Gasteiger partial charge on any atom is -0.408 e. The molecular weight excluding hydrogens is 222 g/mol. The van der Waals surface area contributed by atoms with Gasteiger partial charge >= 0.3 is 6.01 Å². The van der Waals surface area contributed by atoms with Crippen molar-refractivity contribution in [3.8, 4) is 0 Å². The van der Waals surface area contributed by atoms with Crippen LogP contribution in [0.2, 0.25) is 0 Å². The van der Waals surface area contributed by atoms with Gasteiger partial charge in [-0.15, -0.1) is 5.10 Å². The van der Waals surface area contributed by atoms with Crippen LogP contribution in [-0.4, -0.2) is 20.5 Å². The zero-order valence-corrected chi connectivity index (χ0v) is 9.04. The molecular formula is C10H9N5O2. The number of nitrogens with zero attached hydrogens (tertiary/aromatic N) is 4. The van der Waals surface area contributed by atoms with Gasteiger partial charge in [0.2, 0.25) is 5.89 Å². The highest BCUT2D eigenvalue weighted by atomic mass is 16.6. The lowest BCUT2D eigenvalue weighted by molar-refractivity contribution is 0.315. The highest BCUT2D eigenvalue weighted by Gasteiger charge is 2.04. The number of anilines is 1. The van der Waals surface area contributed by atoms with Gasteiger partial charge < -0.3 is 9.73 Å². The molecule has 0 fully saturated rings. The highest BCUT2D eigenvalue weighted by molar-refractivity contribution is 5.73. The monoisotopic (exact) mass is 231 g/mol. The predicted molar refractivity (Wildman–Crippen MR) is 58.2 cm³/mol. The molecule has 0 unspecified atom stereocenters. The lowest BCUT2D eigenvalue weighted by atomic mass is 10.2. The van der Waals surface area contributed by atoms with Gasteiger partial charge in [0, 0.05) is 13.5 Å². The molecule has 0 aliphatic carbocycles. The average molecular weight is 231 g/mol. The molecule has 3 rings (SSSR count). The number of fused-ring (bicyclic) bond motifs is 1. The maximum Gasteiger partial charge on any atom is 0.315 e. The molecule has 1 aromatic carbocycles. The number of aromatic nitrogens is 4. The molecule has 86 valence electrons. The van der Waals surface area contributed by atoms with Gasteiger partial charge in [-0.2, -0.15) is 0 Å². The highest BCUT2D eigenvalue weighted by Crippen LogP contribution is 2.13. The molecule has 3 aromatic rings. The van der Waals surface area contributed by atoms with Crippen molar-refractivity contribution in [1.82, 2.24) is 20.5 Å². The molecule has 0 bridgehead atoms. The molecule has 0 atom stereocenters. The van der Waals surface area contributed by atoms with E-state index in [2.05, 4.69) is 30.5 Å². The summed E-state index contributed by atoms with van der Waals surface area (Å²) in [4.78, 5) is 0. The zero-order valence-electron chi connectivity index (χ0n) is 9.04. The molecule has 0 saturated heterocycles. The summed E-state index contributed by atoms with van der Waals surface area (Å²) in [6.45, 7) is 2.32. The molecule has 0 aliphatic rings. The summed E-state index contributed by atoms with van der Waals surface area (Å²) in [7, 11) is 0. The largest absolute Gasteiger partial charge is 0.408 e. The summed E-state index contributed by atoms with van der Waals surface area (Å²) < 4.78 is 9.82. The lowest BCUT2D eigenvalue weighted by Gasteiger charge is -2.00. The average Bonchev–Trinajstić information content (AvgIpc) is 2.94. The van der Waals surface area contributed by atoms with Gasteiger partial charge in [-0.1, -0.05) is 11.2 Å². The standard InChI is InChI=1S/C10H9N5O2/c1-6-12-13-10(16-6)11-5-7-2-3-8-9(4-7)15-17-14-8/h2-4H,5H2,1H3,(H,11,13). The Morgan fingerprint density at radius 1 is 1.18 bits per heavy atom. The maximum atomic E-state index is 5.20. The van der Waals surface area contributed by atoms with Crippen molar-refractivity contribution in [2.75, 3.05) is 5.32 Å². The molecule has 0 amide bonds. The predicted octanol–water partition coefficient (Wildman–Crippen LogP) is 1.53. The van der Waals surface area contributed by atoms with E-state index in [1.165, 1.54) is 0 Å². The minimum atomic E-state index is 0.404. The smallest absolute Gasteiger partial charge is 0.315 e. The molecule has 17 heavy (non-hydrogen) atoms. The van der Waals surface area contributed by atoms with Gasteiger partial charge in [-0.05, 0) is 28.0 Å². The molecule has 0 spiro atoms. The summed E-state index contributed by atoms with van der Waals surface area (Å²) in [5.41, 5.74) is 2.50. The molecule has 0 radical (unpaired) electrons. The van der Waals surface area contributed by atoms with Gasteiger partial charge in [0.1, 0.15) is 11.0 Å². The summed E-state index contributed by atoms with van der Waals surface area (Å²) in [6.07, 6.45) is 0. The fourth-order valence-corrected chi connectivity index (χ4v) is 1.48. The van der Waals surface area contributed by atoms with Crippen LogP contribution < -0.4 is 5.32 Å². The van der Waals surface area contributed by atoms with Crippen molar-refractivity contribution >= 4 is 17.0 Å². The van der Waals surface area contributed by atoms with Crippen LogP contribution in [0.15, 0.2) is 27.2 Å². The van der Waals surface area contributed by atoms with E-state index < -0.39 is 0 Å². The van der Waals surface area contributed by atoms with E-state index in [-0.39, 0.29) is 0 Å². The normalized spacial score (nSPS) is 10.9. The summed E-state index contributed by atoms with van der Waals surface area (Å²) in [5, 5.41) is 18.1. The minimum absolute atomic E-state index is 0.404. The fourth-order valence-electron chi connectivity index (χ4n) is 1.48. The first-order chi connectivity index (χ1) is 8.31. The van der Waals surface area contributed by atoms with Gasteiger partial charge in [0.05, 0.1) is 0 Å². The number of hydrogen-bond acceptors (Lipinski definition) is 7. The molecule has 7 heteroatoms. The second kappa shape index (κ2) is 3.85. The van der Waals surface area contributed by atoms with Crippen molar-refractivity contribution < 1.29 is 9.05 Å². The lowest BCUT2D eigenvalue weighted by Crippen LogP contribution is -1.99. The van der Waals surface area contributed by atoms with Crippen LogP contribution in [0.25, 0.3) is 11.0 Å². The molecule has 7 nitrogen and oxygen atoms in total. The van der Waals surface area contributed by atoms with Gasteiger partial charge in [-0.3, -0.25) is 0 Å². The Morgan fingerprint density at radius 2 is 2.06 bits per heavy atom. The van der Waals surface area contributed by atoms with Crippen LogP contribution in [0.4, 0.5) is 6.01 Å². The molecule has 2 heterocycles. The van der Waals surface area contributed by atoms with Crippen LogP contribution >= 0.6 is 0 Å². The summed E-state index contributed by atoms with van der Waals surface area (Å²) in [5.74, 6) is 0.531. The fraction of sp³-hybridized carbons (Fsp3) is 0.200. The number of nitrogens with one attached hydrogen (secondary N) is 1. The van der Waals surface area contributed by atoms with Crippen molar-refractivity contribution in [3.05, 3.63) is 29.7 Å². The van der Waals surface area contributed by atoms with Crippen LogP contribution in [0.3, 0.4) is 0 Å². The number of aryl methyl sites for hydroxylation is 1. The Balaban J connectivity index is 1.76. The van der Waals surface area contributed by atoms with Crippen molar-refractivity contribution in [2.45, 2.75) is 13.5 Å². The third kappa shape index (κ3) is 1.94.